The summed E-state index contributed by atoms with van der Waals surface area (Å²) >= 11 is 6.09. The van der Waals surface area contributed by atoms with Gasteiger partial charge in [-0.2, -0.15) is 5.10 Å². The molecule has 1 heterocycles. The topological polar surface area (TPSA) is 17.8 Å². The Hall–Kier alpha value is -0.500. The lowest BCUT2D eigenvalue weighted by Crippen LogP contribution is -2.23. The molecule has 0 atom stereocenters. The molecule has 0 aliphatic rings. The molecular formula is C12H21ClN2. The summed E-state index contributed by atoms with van der Waals surface area (Å²) in [5, 5.41) is 4.30. The fourth-order valence-electron chi connectivity index (χ4n) is 1.84. The van der Waals surface area contributed by atoms with Crippen LogP contribution in [-0.2, 0) is 13.0 Å². The minimum Gasteiger partial charge on any atom is -0.273 e. The van der Waals surface area contributed by atoms with Gasteiger partial charge in [0.15, 0.2) is 0 Å². The third-order valence-corrected chi connectivity index (χ3v) is 3.94. The van der Waals surface area contributed by atoms with Crippen LogP contribution in [0.15, 0.2) is 12.4 Å². The number of alkyl halides is 1. The van der Waals surface area contributed by atoms with Crippen molar-refractivity contribution >= 4 is 11.6 Å². The quantitative estimate of drug-likeness (QED) is 0.682. The van der Waals surface area contributed by atoms with Gasteiger partial charge < -0.3 is 0 Å². The number of hydrogen-bond donors (Lipinski definition) is 0. The van der Waals surface area contributed by atoms with Crippen molar-refractivity contribution in [2.24, 2.45) is 5.41 Å². The van der Waals surface area contributed by atoms with E-state index in [1.54, 1.807) is 0 Å². The molecule has 0 spiro atoms. The van der Waals surface area contributed by atoms with Crippen molar-refractivity contribution in [3.8, 4) is 0 Å². The molecule has 0 unspecified atom stereocenters. The van der Waals surface area contributed by atoms with Crippen LogP contribution >= 0.6 is 11.6 Å². The minimum absolute atomic E-state index is 0.253. The molecule has 1 aromatic rings. The van der Waals surface area contributed by atoms with Crippen molar-refractivity contribution in [3.05, 3.63) is 18.0 Å². The van der Waals surface area contributed by atoms with Crippen LogP contribution in [0.5, 0.6) is 0 Å². The molecule has 3 heteroatoms. The van der Waals surface area contributed by atoms with Crippen LogP contribution in [-0.4, -0.2) is 15.7 Å². The van der Waals surface area contributed by atoms with Gasteiger partial charge in [0.1, 0.15) is 0 Å². The Morgan fingerprint density at radius 2 is 2.00 bits per heavy atom. The molecule has 0 N–H and O–H groups in total. The molecule has 0 radical (unpaired) electrons. The van der Waals surface area contributed by atoms with Gasteiger partial charge >= 0.3 is 0 Å². The first kappa shape index (κ1) is 12.6. The van der Waals surface area contributed by atoms with Crippen LogP contribution in [0.4, 0.5) is 0 Å². The summed E-state index contributed by atoms with van der Waals surface area (Å²) in [6.07, 6.45) is 7.40. The highest BCUT2D eigenvalue weighted by atomic mass is 35.5. The average molecular weight is 229 g/mol. The largest absolute Gasteiger partial charge is 0.273 e. The molecule has 0 amide bonds. The Balaban J connectivity index is 2.73. The Bertz CT molecular complexity index is 281. The van der Waals surface area contributed by atoms with Crippen LogP contribution in [0, 0.1) is 5.41 Å². The minimum atomic E-state index is 0.253. The van der Waals surface area contributed by atoms with Gasteiger partial charge in [-0.05, 0) is 37.2 Å². The predicted octanol–water partition coefficient (Wildman–Crippen LogP) is 3.49. The van der Waals surface area contributed by atoms with Crippen molar-refractivity contribution in [1.82, 2.24) is 9.78 Å². The third kappa shape index (κ3) is 2.97. The summed E-state index contributed by atoms with van der Waals surface area (Å²) in [6.45, 7) is 7.48. The molecule has 0 saturated carbocycles. The Kier molecular flexibility index (Phi) is 4.65. The van der Waals surface area contributed by atoms with Crippen LogP contribution in [0.2, 0.25) is 0 Å². The standard InChI is InChI=1S/C12H21ClN2/c1-4-12(5-2,10-13)7-11-8-14-15(6-3)9-11/h8-9H,4-7,10H2,1-3H3. The molecule has 0 fully saturated rings. The highest BCUT2D eigenvalue weighted by Gasteiger charge is 2.25. The summed E-state index contributed by atoms with van der Waals surface area (Å²) in [5.41, 5.74) is 1.56. The van der Waals surface area contributed by atoms with E-state index in [2.05, 4.69) is 32.1 Å². The number of aromatic nitrogens is 2. The van der Waals surface area contributed by atoms with Crippen molar-refractivity contribution in [3.63, 3.8) is 0 Å². The van der Waals surface area contributed by atoms with E-state index in [9.17, 15) is 0 Å². The molecule has 15 heavy (non-hydrogen) atoms. The zero-order chi connectivity index (χ0) is 11.3. The number of hydrogen-bond acceptors (Lipinski definition) is 1. The Morgan fingerprint density at radius 1 is 1.33 bits per heavy atom. The van der Waals surface area contributed by atoms with E-state index in [1.165, 1.54) is 5.56 Å². The second kappa shape index (κ2) is 5.55. The SMILES string of the molecule is CCn1cc(CC(CC)(CC)CCl)cn1. The monoisotopic (exact) mass is 228 g/mol. The van der Waals surface area contributed by atoms with Crippen LogP contribution in [0.1, 0.15) is 39.2 Å². The van der Waals surface area contributed by atoms with E-state index in [-0.39, 0.29) is 5.41 Å². The van der Waals surface area contributed by atoms with Gasteiger partial charge in [0.05, 0.1) is 6.20 Å². The van der Waals surface area contributed by atoms with Gasteiger partial charge in [-0.3, -0.25) is 4.68 Å². The number of nitrogens with zero attached hydrogens (tertiary/aromatic N) is 2. The zero-order valence-electron chi connectivity index (χ0n) is 9.96. The van der Waals surface area contributed by atoms with Crippen molar-refractivity contribution in [2.75, 3.05) is 5.88 Å². The van der Waals surface area contributed by atoms with Gasteiger partial charge in [0.25, 0.3) is 0 Å². The van der Waals surface area contributed by atoms with Gasteiger partial charge in [-0.1, -0.05) is 13.8 Å². The fourth-order valence-corrected chi connectivity index (χ4v) is 2.31. The maximum atomic E-state index is 6.09. The second-order valence-electron chi connectivity index (χ2n) is 4.22. The van der Waals surface area contributed by atoms with E-state index < -0.39 is 0 Å². The van der Waals surface area contributed by atoms with E-state index in [1.807, 2.05) is 10.9 Å². The van der Waals surface area contributed by atoms with E-state index in [4.69, 9.17) is 11.6 Å². The van der Waals surface area contributed by atoms with Crippen molar-refractivity contribution in [1.29, 1.82) is 0 Å². The first-order chi connectivity index (χ1) is 7.19. The molecule has 0 bridgehead atoms. The predicted molar refractivity (Wildman–Crippen MR) is 65.3 cm³/mol. The first-order valence-corrected chi connectivity index (χ1v) is 6.30. The smallest absolute Gasteiger partial charge is 0.0521 e. The van der Waals surface area contributed by atoms with E-state index in [0.717, 1.165) is 31.7 Å². The molecule has 86 valence electrons. The maximum absolute atomic E-state index is 6.09. The molecule has 0 aliphatic heterocycles. The average Bonchev–Trinajstić information content (AvgIpc) is 2.73. The van der Waals surface area contributed by atoms with Crippen LogP contribution in [0.25, 0.3) is 0 Å². The van der Waals surface area contributed by atoms with Gasteiger partial charge in [0, 0.05) is 18.6 Å². The Morgan fingerprint density at radius 3 is 2.40 bits per heavy atom. The number of halogens is 1. The molecule has 1 rings (SSSR count). The molecule has 0 aliphatic carbocycles. The Labute approximate surface area is 97.6 Å². The summed E-state index contributed by atoms with van der Waals surface area (Å²) in [4.78, 5) is 0. The van der Waals surface area contributed by atoms with Crippen LogP contribution in [0.3, 0.4) is 0 Å². The first-order valence-electron chi connectivity index (χ1n) is 5.77. The van der Waals surface area contributed by atoms with Gasteiger partial charge in [-0.25, -0.2) is 0 Å². The lowest BCUT2D eigenvalue weighted by atomic mass is 9.79. The molecule has 0 saturated heterocycles. The maximum Gasteiger partial charge on any atom is 0.0521 e. The molecule has 1 aromatic heterocycles. The third-order valence-electron chi connectivity index (χ3n) is 3.37. The summed E-state index contributed by atoms with van der Waals surface area (Å²) in [6, 6.07) is 0. The fraction of sp³-hybridized carbons (Fsp3) is 0.750. The summed E-state index contributed by atoms with van der Waals surface area (Å²) in [5.74, 6) is 0.733. The van der Waals surface area contributed by atoms with Crippen molar-refractivity contribution < 1.29 is 0 Å². The number of aryl methyl sites for hydroxylation is 1. The van der Waals surface area contributed by atoms with Crippen LogP contribution < -0.4 is 0 Å². The van der Waals surface area contributed by atoms with Gasteiger partial charge in [0.2, 0.25) is 0 Å². The van der Waals surface area contributed by atoms with Crippen molar-refractivity contribution in [2.45, 2.75) is 46.6 Å². The highest BCUT2D eigenvalue weighted by molar-refractivity contribution is 6.18. The second-order valence-corrected chi connectivity index (χ2v) is 4.49. The highest BCUT2D eigenvalue weighted by Crippen LogP contribution is 2.32. The van der Waals surface area contributed by atoms with E-state index in [0.29, 0.717) is 0 Å². The van der Waals surface area contributed by atoms with E-state index >= 15 is 0 Å². The molecular weight excluding hydrogens is 208 g/mol. The summed E-state index contributed by atoms with van der Waals surface area (Å²) < 4.78 is 1.97. The number of rotatable bonds is 6. The molecule has 2 nitrogen and oxygen atoms in total. The lowest BCUT2D eigenvalue weighted by molar-refractivity contribution is 0.301. The normalized spacial score (nSPS) is 12.0. The summed E-state index contributed by atoms with van der Waals surface area (Å²) in [7, 11) is 0. The molecule has 0 aromatic carbocycles. The zero-order valence-corrected chi connectivity index (χ0v) is 10.7. The lowest BCUT2D eigenvalue weighted by Gasteiger charge is -2.28. The van der Waals surface area contributed by atoms with Gasteiger partial charge in [-0.15, -0.1) is 11.6 Å².